The fourth-order valence-corrected chi connectivity index (χ4v) is 1.82. The summed E-state index contributed by atoms with van der Waals surface area (Å²) in [6.45, 7) is 2.48. The Labute approximate surface area is 83.6 Å². The monoisotopic (exact) mass is 206 g/mol. The van der Waals surface area contributed by atoms with Gasteiger partial charge in [0.05, 0.1) is 25.2 Å². The maximum atomic E-state index is 8.25. The Morgan fingerprint density at radius 2 is 1.93 bits per heavy atom. The van der Waals surface area contributed by atoms with E-state index < -0.39 is 5.09 Å². The Morgan fingerprint density at radius 3 is 2.07 bits per heavy atom. The van der Waals surface area contributed by atoms with Crippen molar-refractivity contribution >= 4 is 0 Å². The zero-order valence-electron chi connectivity index (χ0n) is 9.06. The smallest absolute Gasteiger partial charge is 0.202 e. The Hall–Kier alpha value is -0.920. The first-order valence-corrected chi connectivity index (χ1v) is 4.36. The first-order chi connectivity index (χ1) is 6.36. The molecule has 2 atom stereocenters. The lowest BCUT2D eigenvalue weighted by atomic mass is 10.6. The maximum Gasteiger partial charge on any atom is 0.202 e. The van der Waals surface area contributed by atoms with Crippen molar-refractivity contribution in [3.05, 3.63) is 15.3 Å². The van der Waals surface area contributed by atoms with Crippen molar-refractivity contribution < 1.29 is 9.99 Å². The molecule has 1 heterocycles. The molecule has 7 heteroatoms. The van der Waals surface area contributed by atoms with E-state index in [9.17, 15) is 0 Å². The summed E-state index contributed by atoms with van der Waals surface area (Å²) in [7, 11) is 8.70. The second-order valence-corrected chi connectivity index (χ2v) is 3.64. The van der Waals surface area contributed by atoms with E-state index in [2.05, 4.69) is 38.0 Å². The van der Waals surface area contributed by atoms with Crippen LogP contribution < -0.4 is 4.90 Å². The van der Waals surface area contributed by atoms with Gasteiger partial charge in [-0.25, -0.2) is 9.80 Å². The van der Waals surface area contributed by atoms with Crippen LogP contribution in [0.15, 0.2) is 0 Å². The van der Waals surface area contributed by atoms with Gasteiger partial charge in [0.25, 0.3) is 0 Å². The zero-order valence-corrected chi connectivity index (χ0v) is 9.06. The van der Waals surface area contributed by atoms with Crippen LogP contribution in [0.4, 0.5) is 0 Å². The van der Waals surface area contributed by atoms with E-state index in [0.717, 1.165) is 0 Å². The molecule has 0 radical (unpaired) electrons. The minimum absolute atomic E-state index is 0.583. The summed E-state index contributed by atoms with van der Waals surface area (Å²) in [6, 6.07) is 0. The largest absolute Gasteiger partial charge is 0.356 e. The van der Waals surface area contributed by atoms with Crippen molar-refractivity contribution in [1.82, 2.24) is 9.80 Å². The number of quaternary nitrogens is 1. The van der Waals surface area contributed by atoms with Gasteiger partial charge < -0.3 is 20.2 Å². The fraction of sp³-hybridized carbons (Fsp3) is 1.00. The maximum absolute atomic E-state index is 8.25. The van der Waals surface area contributed by atoms with E-state index in [-0.39, 0.29) is 0 Å². The van der Waals surface area contributed by atoms with Gasteiger partial charge in [-0.05, 0) is 21.1 Å². The number of nitrogens with zero attached hydrogens (tertiary/aromatic N) is 3. The third-order valence-electron chi connectivity index (χ3n) is 2.21. The summed E-state index contributed by atoms with van der Waals surface area (Å²) < 4.78 is 0. The van der Waals surface area contributed by atoms with E-state index in [1.807, 2.05) is 0 Å². The summed E-state index contributed by atoms with van der Waals surface area (Å²) in [5.41, 5.74) is 0. The summed E-state index contributed by atoms with van der Waals surface area (Å²) in [4.78, 5) is 14.5. The van der Waals surface area contributed by atoms with E-state index in [1.165, 1.54) is 13.1 Å². The van der Waals surface area contributed by atoms with Gasteiger partial charge >= 0.3 is 0 Å². The zero-order chi connectivity index (χ0) is 11.3. The topological polar surface area (TPSA) is 77.1 Å². The van der Waals surface area contributed by atoms with Crippen molar-refractivity contribution in [2.75, 3.05) is 41.3 Å². The lowest BCUT2D eigenvalue weighted by Gasteiger charge is -2.27. The van der Waals surface area contributed by atoms with E-state index in [0.29, 0.717) is 6.29 Å². The molecule has 2 unspecified atom stereocenters. The van der Waals surface area contributed by atoms with E-state index >= 15 is 0 Å². The highest BCUT2D eigenvalue weighted by Crippen LogP contribution is 1.94. The SMILES string of the molecule is CN(C)C1N(C)CC[NH+]1C.O=[N+]([O-])[O-]. The van der Waals surface area contributed by atoms with Crippen molar-refractivity contribution in [2.24, 2.45) is 0 Å². The molecule has 1 saturated heterocycles. The van der Waals surface area contributed by atoms with Crippen LogP contribution in [0, 0.1) is 15.3 Å². The standard InChI is InChI=1S/C7H17N3.NO3/c1-8(2)7-9(3)5-6-10(7)4;2-1(3)4/h7H,5-6H2,1-4H3;/q;-1/p+1. The van der Waals surface area contributed by atoms with Crippen LogP contribution in [-0.4, -0.2) is 62.5 Å². The molecule has 14 heavy (non-hydrogen) atoms. The fourth-order valence-electron chi connectivity index (χ4n) is 1.82. The molecule has 1 rings (SSSR count). The number of rotatable bonds is 1. The van der Waals surface area contributed by atoms with Gasteiger partial charge in [0, 0.05) is 0 Å². The second kappa shape index (κ2) is 5.74. The van der Waals surface area contributed by atoms with Crippen LogP contribution in [-0.2, 0) is 0 Å². The van der Waals surface area contributed by atoms with Gasteiger partial charge in [0.2, 0.25) is 6.29 Å². The minimum Gasteiger partial charge on any atom is -0.356 e. The summed E-state index contributed by atoms with van der Waals surface area (Å²) in [6.07, 6.45) is 0.583. The minimum atomic E-state index is -1.75. The molecule has 0 bridgehead atoms. The molecule has 0 aliphatic carbocycles. The molecule has 0 amide bonds. The molecular formula is C7H18N4O3. The summed E-state index contributed by atoms with van der Waals surface area (Å²) >= 11 is 0. The van der Waals surface area contributed by atoms with Crippen LogP contribution >= 0.6 is 0 Å². The molecule has 7 nitrogen and oxygen atoms in total. The highest BCUT2D eigenvalue weighted by atomic mass is 16.9. The Balaban J connectivity index is 0.000000364. The predicted octanol–water partition coefficient (Wildman–Crippen LogP) is -1.95. The average Bonchev–Trinajstić information content (AvgIpc) is 2.29. The van der Waals surface area contributed by atoms with Crippen molar-refractivity contribution in [3.8, 4) is 0 Å². The van der Waals surface area contributed by atoms with Gasteiger partial charge in [-0.15, -0.1) is 0 Å². The molecule has 0 saturated carbocycles. The third kappa shape index (κ3) is 4.35. The van der Waals surface area contributed by atoms with Gasteiger partial charge in [-0.3, -0.25) is 0 Å². The number of hydrogen-bond donors (Lipinski definition) is 1. The lowest BCUT2D eigenvalue weighted by molar-refractivity contribution is -0.910. The molecule has 1 aliphatic heterocycles. The van der Waals surface area contributed by atoms with Gasteiger partial charge in [0.1, 0.15) is 0 Å². The van der Waals surface area contributed by atoms with Crippen molar-refractivity contribution in [3.63, 3.8) is 0 Å². The van der Waals surface area contributed by atoms with Crippen LogP contribution in [0.5, 0.6) is 0 Å². The third-order valence-corrected chi connectivity index (χ3v) is 2.21. The number of nitrogens with one attached hydrogen (secondary N) is 1. The number of hydrogen-bond acceptors (Lipinski definition) is 5. The summed E-state index contributed by atoms with van der Waals surface area (Å²) in [5, 5.41) is 14.8. The quantitative estimate of drug-likeness (QED) is 0.399. The van der Waals surface area contributed by atoms with Crippen LogP contribution in [0.25, 0.3) is 0 Å². The van der Waals surface area contributed by atoms with Crippen molar-refractivity contribution in [1.29, 1.82) is 0 Å². The first kappa shape index (κ1) is 13.1. The molecule has 1 aliphatic rings. The van der Waals surface area contributed by atoms with Gasteiger partial charge in [-0.1, -0.05) is 0 Å². The molecule has 0 aromatic carbocycles. The Morgan fingerprint density at radius 1 is 1.50 bits per heavy atom. The normalized spacial score (nSPS) is 27.2. The summed E-state index contributed by atoms with van der Waals surface area (Å²) in [5.74, 6) is 0. The molecule has 84 valence electrons. The van der Waals surface area contributed by atoms with E-state index in [4.69, 9.17) is 15.3 Å². The molecule has 0 spiro atoms. The first-order valence-electron chi connectivity index (χ1n) is 4.36. The van der Waals surface area contributed by atoms with Crippen LogP contribution in [0.3, 0.4) is 0 Å². The molecule has 1 N–H and O–H groups in total. The van der Waals surface area contributed by atoms with E-state index in [1.54, 1.807) is 4.90 Å². The van der Waals surface area contributed by atoms with Gasteiger partial charge in [0.15, 0.2) is 0 Å². The van der Waals surface area contributed by atoms with Gasteiger partial charge in [-0.2, -0.15) is 0 Å². The highest BCUT2D eigenvalue weighted by molar-refractivity contribution is 4.59. The molecule has 0 aromatic rings. The Kier molecular flexibility index (Phi) is 5.36. The molecule has 1 fully saturated rings. The Bertz CT molecular complexity index is 174. The molecule has 0 aromatic heterocycles. The molecular weight excluding hydrogens is 188 g/mol. The van der Waals surface area contributed by atoms with Crippen molar-refractivity contribution in [2.45, 2.75) is 6.29 Å². The van der Waals surface area contributed by atoms with Crippen LogP contribution in [0.1, 0.15) is 0 Å². The average molecular weight is 206 g/mol. The second-order valence-electron chi connectivity index (χ2n) is 3.64. The number of likely N-dealkylation sites (N-methyl/N-ethyl adjacent to an activating group) is 2. The van der Waals surface area contributed by atoms with Crippen LogP contribution in [0.2, 0.25) is 0 Å². The highest BCUT2D eigenvalue weighted by Gasteiger charge is 2.31. The predicted molar refractivity (Wildman–Crippen MR) is 52.2 cm³/mol. The lowest BCUT2D eigenvalue weighted by Crippen LogP contribution is -3.13.